The normalized spacial score (nSPS) is 11.1. The van der Waals surface area contributed by atoms with Crippen LogP contribution >= 0.6 is 0 Å². The molecule has 1 radical (unpaired) electrons. The number of carbonyl (C=O) groups excluding carboxylic acids is 1. The van der Waals surface area contributed by atoms with Gasteiger partial charge < -0.3 is 4.74 Å². The fourth-order valence-electron chi connectivity index (χ4n) is 1.02. The van der Waals surface area contributed by atoms with Gasteiger partial charge in [-0.05, 0) is 18.6 Å². The average Bonchev–Trinajstić information content (AvgIpc) is 2.17. The van der Waals surface area contributed by atoms with E-state index in [1.807, 2.05) is 0 Å². The molecule has 0 aliphatic heterocycles. The molecule has 87 valence electrons. The van der Waals surface area contributed by atoms with Crippen LogP contribution in [0.15, 0.2) is 29.2 Å². The van der Waals surface area contributed by atoms with Crippen LogP contribution in [-0.4, -0.2) is 18.9 Å². The highest BCUT2D eigenvalue weighted by atomic mass is 32.2. The van der Waals surface area contributed by atoms with Gasteiger partial charge in [-0.1, -0.05) is 13.0 Å². The van der Waals surface area contributed by atoms with Gasteiger partial charge in [0.2, 0.25) is 0 Å². The molecular weight excluding hydrogens is 232 g/mol. The topological polar surface area (TPSA) is 80.7 Å². The maximum Gasteiger partial charge on any atom is 0.315 e. The highest BCUT2D eigenvalue weighted by molar-refractivity contribution is 7.85. The third kappa shape index (κ3) is 3.63. The molecule has 0 saturated heterocycles. The fraction of sp³-hybridized carbons (Fsp3) is 0.200. The molecule has 0 spiro atoms. The first-order valence-corrected chi connectivity index (χ1v) is 6.00. The quantitative estimate of drug-likeness (QED) is 0.492. The van der Waals surface area contributed by atoms with Crippen molar-refractivity contribution in [1.29, 1.82) is 0 Å². The van der Waals surface area contributed by atoms with Gasteiger partial charge in [0.1, 0.15) is 5.75 Å². The number of rotatable bonds is 4. The van der Waals surface area contributed by atoms with Gasteiger partial charge in [-0.2, -0.15) is 8.42 Å². The van der Waals surface area contributed by atoms with E-state index in [0.29, 0.717) is 6.42 Å². The Bertz CT molecular complexity index is 478. The molecule has 1 aromatic carbocycles. The maximum atomic E-state index is 11.1. The van der Waals surface area contributed by atoms with Crippen LogP contribution < -0.4 is 4.74 Å². The number of hydrogen-bond donors (Lipinski definition) is 1. The summed E-state index contributed by atoms with van der Waals surface area (Å²) in [6.07, 6.45) is 1.84. The molecule has 0 aliphatic carbocycles. The molecule has 0 fully saturated rings. The van der Waals surface area contributed by atoms with Crippen LogP contribution in [0.25, 0.3) is 0 Å². The number of hydrogen-bond acceptors (Lipinski definition) is 4. The largest absolute Gasteiger partial charge is 0.426 e. The number of ether oxygens (including phenoxy) is 1. The van der Waals surface area contributed by atoms with Gasteiger partial charge in [-0.3, -0.25) is 9.35 Å². The monoisotopic (exact) mass is 243 g/mol. The Balaban J connectivity index is 2.88. The Morgan fingerprint density at radius 1 is 1.50 bits per heavy atom. The van der Waals surface area contributed by atoms with Gasteiger partial charge in [0.05, 0.1) is 11.3 Å². The van der Waals surface area contributed by atoms with Gasteiger partial charge in [0.25, 0.3) is 10.1 Å². The van der Waals surface area contributed by atoms with Crippen molar-refractivity contribution in [2.75, 3.05) is 0 Å². The summed E-state index contributed by atoms with van der Waals surface area (Å²) in [5, 5.41) is 0. The molecule has 0 saturated carbocycles. The van der Waals surface area contributed by atoms with E-state index in [0.717, 1.165) is 6.07 Å². The van der Waals surface area contributed by atoms with Crippen LogP contribution in [0.2, 0.25) is 0 Å². The lowest BCUT2D eigenvalue weighted by Crippen LogP contribution is -2.08. The van der Waals surface area contributed by atoms with E-state index in [1.165, 1.54) is 24.6 Å². The minimum absolute atomic E-state index is 0.0739. The standard InChI is InChI=1S/C10H11O5S/c1-2-4-10(11)15-8-5-3-6-9(7-8)16(12,13)14/h3-7H,2H2,1H3,(H,12,13,14). The predicted octanol–water partition coefficient (Wildman–Crippen LogP) is 1.45. The average molecular weight is 243 g/mol. The number of benzene rings is 1. The molecule has 0 heterocycles. The molecule has 1 N–H and O–H groups in total. The van der Waals surface area contributed by atoms with Crippen LogP contribution in [0.1, 0.15) is 13.3 Å². The molecule has 1 rings (SSSR count). The van der Waals surface area contributed by atoms with Crippen LogP contribution in [0.3, 0.4) is 0 Å². The summed E-state index contributed by atoms with van der Waals surface area (Å²) in [7, 11) is -4.27. The van der Waals surface area contributed by atoms with Crippen molar-refractivity contribution < 1.29 is 22.5 Å². The molecule has 0 aromatic heterocycles. The minimum atomic E-state index is -4.27. The zero-order chi connectivity index (χ0) is 12.2. The van der Waals surface area contributed by atoms with Crippen molar-refractivity contribution in [2.45, 2.75) is 18.2 Å². The first-order valence-electron chi connectivity index (χ1n) is 4.56. The van der Waals surface area contributed by atoms with Crippen LogP contribution in [0.4, 0.5) is 0 Å². The van der Waals surface area contributed by atoms with Crippen LogP contribution in [0.5, 0.6) is 5.75 Å². The Labute approximate surface area is 93.8 Å². The van der Waals surface area contributed by atoms with Gasteiger partial charge in [0.15, 0.2) is 0 Å². The zero-order valence-electron chi connectivity index (χ0n) is 8.58. The summed E-state index contributed by atoms with van der Waals surface area (Å²) in [6.45, 7) is 1.77. The van der Waals surface area contributed by atoms with Crippen molar-refractivity contribution in [1.82, 2.24) is 0 Å². The lowest BCUT2D eigenvalue weighted by Gasteiger charge is -2.04. The number of carbonyl (C=O) groups is 1. The third-order valence-corrected chi connectivity index (χ3v) is 2.54. The van der Waals surface area contributed by atoms with Crippen molar-refractivity contribution in [2.24, 2.45) is 0 Å². The minimum Gasteiger partial charge on any atom is -0.426 e. The van der Waals surface area contributed by atoms with Gasteiger partial charge in [0, 0.05) is 6.07 Å². The van der Waals surface area contributed by atoms with Gasteiger partial charge >= 0.3 is 5.97 Å². The van der Waals surface area contributed by atoms with Crippen LogP contribution in [-0.2, 0) is 14.9 Å². The first kappa shape index (κ1) is 12.7. The van der Waals surface area contributed by atoms with E-state index >= 15 is 0 Å². The Hall–Kier alpha value is -1.40. The zero-order valence-corrected chi connectivity index (χ0v) is 9.40. The summed E-state index contributed by atoms with van der Waals surface area (Å²) in [6, 6.07) is 5.08. The van der Waals surface area contributed by atoms with E-state index in [1.54, 1.807) is 6.92 Å². The SMILES string of the molecule is CC[CH]C(=O)Oc1cccc(S(=O)(=O)O)c1. The van der Waals surface area contributed by atoms with Crippen molar-refractivity contribution in [3.63, 3.8) is 0 Å². The summed E-state index contributed by atoms with van der Waals surface area (Å²) < 4.78 is 35.2. The second-order valence-corrected chi connectivity index (χ2v) is 4.40. The van der Waals surface area contributed by atoms with Gasteiger partial charge in [-0.15, -0.1) is 0 Å². The second kappa shape index (κ2) is 5.09. The highest BCUT2D eigenvalue weighted by Crippen LogP contribution is 2.17. The molecule has 16 heavy (non-hydrogen) atoms. The summed E-state index contributed by atoms with van der Waals surface area (Å²) in [5.41, 5.74) is 0. The third-order valence-electron chi connectivity index (χ3n) is 1.69. The lowest BCUT2D eigenvalue weighted by molar-refractivity contribution is -0.130. The summed E-state index contributed by atoms with van der Waals surface area (Å²) in [4.78, 5) is 10.8. The molecule has 0 unspecified atom stereocenters. The molecular formula is C10H11O5S. The lowest BCUT2D eigenvalue weighted by atomic mass is 10.3. The number of esters is 1. The van der Waals surface area contributed by atoms with E-state index in [9.17, 15) is 13.2 Å². The predicted molar refractivity (Wildman–Crippen MR) is 56.5 cm³/mol. The highest BCUT2D eigenvalue weighted by Gasteiger charge is 2.11. The summed E-state index contributed by atoms with van der Waals surface area (Å²) in [5.74, 6) is -0.486. The van der Waals surface area contributed by atoms with Crippen molar-refractivity contribution >= 4 is 16.1 Å². The van der Waals surface area contributed by atoms with E-state index in [4.69, 9.17) is 9.29 Å². The summed E-state index contributed by atoms with van der Waals surface area (Å²) >= 11 is 0. The molecule has 6 heteroatoms. The fourth-order valence-corrected chi connectivity index (χ4v) is 1.54. The molecule has 0 amide bonds. The molecule has 0 aliphatic rings. The van der Waals surface area contributed by atoms with Crippen LogP contribution in [0, 0.1) is 6.42 Å². The molecule has 0 bridgehead atoms. The van der Waals surface area contributed by atoms with E-state index in [-0.39, 0.29) is 10.6 Å². The van der Waals surface area contributed by atoms with Gasteiger partial charge in [-0.25, -0.2) is 0 Å². The molecule has 0 atom stereocenters. The Morgan fingerprint density at radius 2 is 2.19 bits per heavy atom. The maximum absolute atomic E-state index is 11.1. The Kier molecular flexibility index (Phi) is 4.03. The molecule has 5 nitrogen and oxygen atoms in total. The first-order chi connectivity index (χ1) is 7.43. The van der Waals surface area contributed by atoms with E-state index in [2.05, 4.69) is 0 Å². The molecule has 1 aromatic rings. The smallest absolute Gasteiger partial charge is 0.315 e. The van der Waals surface area contributed by atoms with Crippen molar-refractivity contribution in [3.05, 3.63) is 30.7 Å². The second-order valence-electron chi connectivity index (χ2n) is 2.98. The Morgan fingerprint density at radius 3 is 2.75 bits per heavy atom. The van der Waals surface area contributed by atoms with Crippen molar-refractivity contribution in [3.8, 4) is 5.75 Å². The van der Waals surface area contributed by atoms with E-state index < -0.39 is 16.1 Å².